The van der Waals surface area contributed by atoms with E-state index in [0.29, 0.717) is 73.7 Å². The largest absolute Gasteiger partial charge is 0.416 e. The lowest BCUT2D eigenvalue weighted by Crippen LogP contribution is -2.63. The average molecular weight is 625 g/mol. The molecule has 1 aromatic carbocycles. The van der Waals surface area contributed by atoms with Crippen molar-refractivity contribution in [3.63, 3.8) is 0 Å². The highest BCUT2D eigenvalue weighted by atomic mass is 19.4. The maximum Gasteiger partial charge on any atom is 0.416 e. The van der Waals surface area contributed by atoms with Crippen LogP contribution in [0.3, 0.4) is 0 Å². The molecule has 14 heteroatoms. The third kappa shape index (κ3) is 5.71. The summed E-state index contributed by atoms with van der Waals surface area (Å²) in [5.41, 5.74) is 0.718. The minimum atomic E-state index is -4.57. The van der Waals surface area contributed by atoms with Crippen molar-refractivity contribution in [2.75, 3.05) is 24.7 Å². The summed E-state index contributed by atoms with van der Waals surface area (Å²) in [6.07, 6.45) is -3.89. The SMILES string of the molecule is CC[C@@H]1CN(n2c(=O)ncc3nc(C)n(C[C@H]4OCC[C@@H]4O)c32)[C@@H](C)CN1Cc1ccc(C(F)(F)F)cc1C1CC(F)(F)C1. The van der Waals surface area contributed by atoms with Crippen molar-refractivity contribution in [3.05, 3.63) is 57.4 Å². The van der Waals surface area contributed by atoms with Crippen molar-refractivity contribution in [1.29, 1.82) is 0 Å². The zero-order valence-corrected chi connectivity index (χ0v) is 24.9. The van der Waals surface area contributed by atoms with Crippen LogP contribution in [-0.4, -0.2) is 79.1 Å². The summed E-state index contributed by atoms with van der Waals surface area (Å²) in [4.78, 5) is 24.2. The summed E-state index contributed by atoms with van der Waals surface area (Å²) in [6, 6.07) is 3.18. The molecule has 6 rings (SSSR count). The molecule has 3 aromatic rings. The number of piperazine rings is 1. The van der Waals surface area contributed by atoms with E-state index in [4.69, 9.17) is 4.74 Å². The van der Waals surface area contributed by atoms with Crippen molar-refractivity contribution in [2.24, 2.45) is 0 Å². The minimum absolute atomic E-state index is 0.0937. The number of ether oxygens (including phenoxy) is 1. The van der Waals surface area contributed by atoms with E-state index >= 15 is 0 Å². The summed E-state index contributed by atoms with van der Waals surface area (Å²) in [7, 11) is 0. The third-order valence-electron chi connectivity index (χ3n) is 9.40. The lowest BCUT2D eigenvalue weighted by Gasteiger charge is -2.47. The number of nitrogens with zero attached hydrogens (tertiary/aromatic N) is 6. The Labute approximate surface area is 251 Å². The van der Waals surface area contributed by atoms with E-state index in [2.05, 4.69) is 14.9 Å². The Balaban J connectivity index is 1.30. The molecule has 2 aromatic heterocycles. The molecule has 44 heavy (non-hydrogen) atoms. The zero-order valence-electron chi connectivity index (χ0n) is 24.9. The van der Waals surface area contributed by atoms with Crippen molar-refractivity contribution in [1.82, 2.24) is 24.1 Å². The van der Waals surface area contributed by atoms with Crippen molar-refractivity contribution < 1.29 is 31.8 Å². The predicted molar refractivity (Wildman–Crippen MR) is 152 cm³/mol. The van der Waals surface area contributed by atoms with E-state index in [1.54, 1.807) is 4.68 Å². The van der Waals surface area contributed by atoms with Gasteiger partial charge in [-0.3, -0.25) is 4.90 Å². The number of aromatic nitrogens is 4. The molecule has 240 valence electrons. The predicted octanol–water partition coefficient (Wildman–Crippen LogP) is 4.20. The molecule has 0 spiro atoms. The van der Waals surface area contributed by atoms with E-state index in [9.17, 15) is 31.9 Å². The molecule has 1 saturated carbocycles. The molecule has 9 nitrogen and oxygen atoms in total. The minimum Gasteiger partial charge on any atom is -0.390 e. The first-order valence-electron chi connectivity index (χ1n) is 15.1. The fourth-order valence-corrected chi connectivity index (χ4v) is 6.94. The van der Waals surface area contributed by atoms with Crippen LogP contribution in [0.1, 0.15) is 68.0 Å². The fraction of sp³-hybridized carbons (Fsp3) is 0.633. The van der Waals surface area contributed by atoms with Gasteiger partial charge < -0.3 is 19.4 Å². The van der Waals surface area contributed by atoms with E-state index in [-0.39, 0.29) is 12.1 Å². The number of fused-ring (bicyclic) bond motifs is 1. The van der Waals surface area contributed by atoms with Crippen LogP contribution in [0, 0.1) is 6.92 Å². The molecule has 0 bridgehead atoms. The lowest BCUT2D eigenvalue weighted by molar-refractivity contribution is -0.137. The molecule has 1 aliphatic carbocycles. The summed E-state index contributed by atoms with van der Waals surface area (Å²) in [5, 5.41) is 12.3. The average Bonchev–Trinajstić information content (AvgIpc) is 3.49. The number of aliphatic hydroxyl groups is 1. The van der Waals surface area contributed by atoms with Gasteiger partial charge in [-0.1, -0.05) is 13.0 Å². The zero-order chi connectivity index (χ0) is 31.6. The number of aryl methyl sites for hydroxylation is 1. The van der Waals surface area contributed by atoms with Crippen LogP contribution in [0.4, 0.5) is 22.0 Å². The molecule has 0 amide bonds. The Morgan fingerprint density at radius 3 is 2.57 bits per heavy atom. The second kappa shape index (κ2) is 11.4. The van der Waals surface area contributed by atoms with Gasteiger partial charge in [0.05, 0.1) is 37.0 Å². The van der Waals surface area contributed by atoms with Crippen LogP contribution in [0.5, 0.6) is 0 Å². The summed E-state index contributed by atoms with van der Waals surface area (Å²) >= 11 is 0. The first kappa shape index (κ1) is 30.9. The topological polar surface area (TPSA) is 88.7 Å². The van der Waals surface area contributed by atoms with Crippen LogP contribution < -0.4 is 10.7 Å². The Kier molecular flexibility index (Phi) is 7.98. The second-order valence-corrected chi connectivity index (χ2v) is 12.4. The quantitative estimate of drug-likeness (QED) is 0.395. The van der Waals surface area contributed by atoms with Gasteiger partial charge in [-0.05, 0) is 55.9 Å². The maximum atomic E-state index is 13.8. The monoisotopic (exact) mass is 624 g/mol. The highest BCUT2D eigenvalue weighted by Gasteiger charge is 2.47. The normalized spacial score (nSPS) is 26.4. The third-order valence-corrected chi connectivity index (χ3v) is 9.40. The molecule has 4 heterocycles. The number of imidazole rings is 1. The van der Waals surface area contributed by atoms with Crippen molar-refractivity contribution in [2.45, 2.75) is 102 Å². The van der Waals surface area contributed by atoms with Gasteiger partial charge in [0.2, 0.25) is 5.92 Å². The van der Waals surface area contributed by atoms with Crippen LogP contribution >= 0.6 is 0 Å². The van der Waals surface area contributed by atoms with E-state index in [0.717, 1.165) is 12.1 Å². The van der Waals surface area contributed by atoms with Crippen LogP contribution in [0.15, 0.2) is 29.2 Å². The molecule has 0 radical (unpaired) electrons. The highest BCUT2D eigenvalue weighted by molar-refractivity contribution is 5.71. The van der Waals surface area contributed by atoms with E-state index in [1.807, 2.05) is 30.3 Å². The Morgan fingerprint density at radius 2 is 1.93 bits per heavy atom. The number of rotatable bonds is 7. The lowest BCUT2D eigenvalue weighted by atomic mass is 9.74. The number of hydrogen-bond acceptors (Lipinski definition) is 7. The van der Waals surface area contributed by atoms with Gasteiger partial charge in [0, 0.05) is 38.6 Å². The molecular formula is C30H37F5N6O3. The number of alkyl halides is 5. The molecule has 3 aliphatic rings. The van der Waals surface area contributed by atoms with E-state index in [1.165, 1.54) is 12.3 Å². The van der Waals surface area contributed by atoms with Gasteiger partial charge in [0.25, 0.3) is 0 Å². The molecule has 2 saturated heterocycles. The van der Waals surface area contributed by atoms with Gasteiger partial charge in [-0.15, -0.1) is 0 Å². The van der Waals surface area contributed by atoms with Gasteiger partial charge >= 0.3 is 11.9 Å². The Hall–Kier alpha value is -3.10. The number of halogens is 5. The smallest absolute Gasteiger partial charge is 0.390 e. The molecule has 3 fully saturated rings. The molecule has 0 unspecified atom stereocenters. The van der Waals surface area contributed by atoms with Crippen LogP contribution in [-0.2, 0) is 24.0 Å². The molecular weight excluding hydrogens is 587 g/mol. The van der Waals surface area contributed by atoms with Gasteiger partial charge in [0.15, 0.2) is 5.65 Å². The van der Waals surface area contributed by atoms with Crippen LogP contribution in [0.25, 0.3) is 11.2 Å². The Bertz CT molecular complexity index is 1580. The van der Waals surface area contributed by atoms with Crippen molar-refractivity contribution in [3.8, 4) is 0 Å². The highest BCUT2D eigenvalue weighted by Crippen LogP contribution is 2.50. The van der Waals surface area contributed by atoms with Gasteiger partial charge in [0.1, 0.15) is 17.4 Å². The summed E-state index contributed by atoms with van der Waals surface area (Å²) in [6.45, 7) is 7.75. The second-order valence-electron chi connectivity index (χ2n) is 12.4. The number of hydrogen-bond donors (Lipinski definition) is 1. The molecule has 4 atom stereocenters. The van der Waals surface area contributed by atoms with Crippen molar-refractivity contribution >= 4 is 11.2 Å². The summed E-state index contributed by atoms with van der Waals surface area (Å²) in [5.74, 6) is -2.84. The number of benzene rings is 1. The maximum absolute atomic E-state index is 13.8. The van der Waals surface area contributed by atoms with Gasteiger partial charge in [-0.2, -0.15) is 22.8 Å². The first-order chi connectivity index (χ1) is 20.8. The molecule has 2 aliphatic heterocycles. The standard InChI is InChI=1S/C30H37F5N6O3/c1-4-22-15-40(41-27-24(12-36-28(41)43)37-18(3)39(27)16-26-25(42)7-8-44-26)17(2)13-38(22)14-19-5-6-21(30(33,34)35)9-23(19)20-10-29(31,32)11-20/h5-6,9,12,17,20,22,25-26,42H,4,7-8,10-11,13-16H2,1-3H3/t17-,22+,25-,26+/m0/s1. The summed E-state index contributed by atoms with van der Waals surface area (Å²) < 4.78 is 77.4. The van der Waals surface area contributed by atoms with E-state index < -0.39 is 54.3 Å². The van der Waals surface area contributed by atoms with Crippen LogP contribution in [0.2, 0.25) is 0 Å². The first-order valence-corrected chi connectivity index (χ1v) is 15.1. The molecule has 1 N–H and O–H groups in total. The number of aliphatic hydroxyl groups excluding tert-OH is 1. The van der Waals surface area contributed by atoms with Gasteiger partial charge in [-0.25, -0.2) is 18.6 Å². The fourth-order valence-electron chi connectivity index (χ4n) is 6.94. The Morgan fingerprint density at radius 1 is 1.18 bits per heavy atom.